The third-order valence-corrected chi connectivity index (χ3v) is 3.98. The SMILES string of the molecule is O=C(CNC(=O)c1ccccc1Cl)NCCC(=O)N1CCCC1. The van der Waals surface area contributed by atoms with E-state index < -0.39 is 5.91 Å². The average molecular weight is 338 g/mol. The van der Waals surface area contributed by atoms with E-state index in [2.05, 4.69) is 10.6 Å². The molecule has 1 aliphatic rings. The zero-order valence-electron chi connectivity index (χ0n) is 12.8. The summed E-state index contributed by atoms with van der Waals surface area (Å²) in [7, 11) is 0. The highest BCUT2D eigenvalue weighted by molar-refractivity contribution is 6.33. The molecule has 0 spiro atoms. The molecular weight excluding hydrogens is 318 g/mol. The molecule has 124 valence electrons. The molecule has 6 nitrogen and oxygen atoms in total. The van der Waals surface area contributed by atoms with E-state index in [-0.39, 0.29) is 31.3 Å². The van der Waals surface area contributed by atoms with E-state index in [1.165, 1.54) is 0 Å². The van der Waals surface area contributed by atoms with Crippen LogP contribution in [0.15, 0.2) is 24.3 Å². The van der Waals surface area contributed by atoms with Gasteiger partial charge in [0.15, 0.2) is 0 Å². The smallest absolute Gasteiger partial charge is 0.253 e. The van der Waals surface area contributed by atoms with Gasteiger partial charge in [-0.2, -0.15) is 0 Å². The van der Waals surface area contributed by atoms with Gasteiger partial charge in [0.05, 0.1) is 17.1 Å². The van der Waals surface area contributed by atoms with Crippen molar-refractivity contribution in [3.05, 3.63) is 34.9 Å². The van der Waals surface area contributed by atoms with Crippen LogP contribution in [0.2, 0.25) is 5.02 Å². The molecule has 0 saturated carbocycles. The Labute approximate surface area is 140 Å². The summed E-state index contributed by atoms with van der Waals surface area (Å²) in [5.74, 6) is -0.679. The number of carbonyl (C=O) groups is 3. The van der Waals surface area contributed by atoms with Gasteiger partial charge in [0.25, 0.3) is 5.91 Å². The summed E-state index contributed by atoms with van der Waals surface area (Å²) in [6.45, 7) is 1.74. The predicted octanol–water partition coefficient (Wildman–Crippen LogP) is 1.20. The van der Waals surface area contributed by atoms with E-state index >= 15 is 0 Å². The molecule has 2 rings (SSSR count). The third kappa shape index (κ3) is 5.25. The Morgan fingerprint density at radius 2 is 1.78 bits per heavy atom. The fraction of sp³-hybridized carbons (Fsp3) is 0.438. The van der Waals surface area contributed by atoms with Gasteiger partial charge >= 0.3 is 0 Å². The maximum absolute atomic E-state index is 11.9. The molecule has 0 radical (unpaired) electrons. The largest absolute Gasteiger partial charge is 0.354 e. The fourth-order valence-corrected chi connectivity index (χ4v) is 2.62. The molecule has 1 fully saturated rings. The van der Waals surface area contributed by atoms with Gasteiger partial charge in [0.1, 0.15) is 0 Å². The van der Waals surface area contributed by atoms with Crippen LogP contribution in [0, 0.1) is 0 Å². The molecular formula is C16H20ClN3O3. The van der Waals surface area contributed by atoms with Crippen LogP contribution < -0.4 is 10.6 Å². The zero-order valence-corrected chi connectivity index (χ0v) is 13.6. The number of hydrogen-bond acceptors (Lipinski definition) is 3. The van der Waals surface area contributed by atoms with Gasteiger partial charge in [-0.05, 0) is 25.0 Å². The summed E-state index contributed by atoms with van der Waals surface area (Å²) in [4.78, 5) is 37.2. The van der Waals surface area contributed by atoms with Crippen LogP contribution in [0.4, 0.5) is 0 Å². The van der Waals surface area contributed by atoms with Gasteiger partial charge in [-0.3, -0.25) is 14.4 Å². The van der Waals surface area contributed by atoms with Gasteiger partial charge < -0.3 is 15.5 Å². The van der Waals surface area contributed by atoms with E-state index in [0.29, 0.717) is 10.6 Å². The number of nitrogens with one attached hydrogen (secondary N) is 2. The number of rotatable bonds is 6. The van der Waals surface area contributed by atoms with Crippen molar-refractivity contribution in [2.45, 2.75) is 19.3 Å². The molecule has 3 amide bonds. The molecule has 0 bridgehead atoms. The highest BCUT2D eigenvalue weighted by Gasteiger charge is 2.17. The van der Waals surface area contributed by atoms with Crippen molar-refractivity contribution in [2.24, 2.45) is 0 Å². The van der Waals surface area contributed by atoms with Crippen molar-refractivity contribution in [3.8, 4) is 0 Å². The predicted molar refractivity (Wildman–Crippen MR) is 87.2 cm³/mol. The van der Waals surface area contributed by atoms with E-state index in [4.69, 9.17) is 11.6 Å². The number of amides is 3. The monoisotopic (exact) mass is 337 g/mol. The normalized spacial score (nSPS) is 13.7. The molecule has 1 aliphatic heterocycles. The fourth-order valence-electron chi connectivity index (χ4n) is 2.40. The summed E-state index contributed by atoms with van der Waals surface area (Å²) < 4.78 is 0. The quantitative estimate of drug-likeness (QED) is 0.818. The standard InChI is InChI=1S/C16H20ClN3O3/c17-13-6-2-1-5-12(13)16(23)19-11-14(21)18-8-7-15(22)20-9-3-4-10-20/h1-2,5-6H,3-4,7-11H2,(H,18,21)(H,19,23). The highest BCUT2D eigenvalue weighted by atomic mass is 35.5. The Balaban J connectivity index is 1.66. The molecule has 23 heavy (non-hydrogen) atoms. The summed E-state index contributed by atoms with van der Waals surface area (Å²) >= 11 is 5.91. The van der Waals surface area contributed by atoms with Gasteiger partial charge in [-0.1, -0.05) is 23.7 Å². The van der Waals surface area contributed by atoms with Crippen molar-refractivity contribution >= 4 is 29.3 Å². The molecule has 1 aromatic rings. The summed E-state index contributed by atoms with van der Waals surface area (Å²) in [6.07, 6.45) is 2.38. The lowest BCUT2D eigenvalue weighted by molar-refractivity contribution is -0.130. The topological polar surface area (TPSA) is 78.5 Å². The minimum atomic E-state index is -0.404. The third-order valence-electron chi connectivity index (χ3n) is 3.65. The van der Waals surface area contributed by atoms with Crippen LogP contribution in [0.5, 0.6) is 0 Å². The second-order valence-corrected chi connectivity index (χ2v) is 5.76. The summed E-state index contributed by atoms with van der Waals surface area (Å²) in [6, 6.07) is 6.62. The first kappa shape index (κ1) is 17.3. The van der Waals surface area contributed by atoms with E-state index in [1.54, 1.807) is 24.3 Å². The van der Waals surface area contributed by atoms with Gasteiger partial charge in [-0.25, -0.2) is 0 Å². The number of benzene rings is 1. The molecule has 1 saturated heterocycles. The second kappa shape index (κ2) is 8.53. The van der Waals surface area contributed by atoms with Gasteiger partial charge in [0.2, 0.25) is 11.8 Å². The number of carbonyl (C=O) groups excluding carboxylic acids is 3. The first-order valence-corrected chi connectivity index (χ1v) is 8.03. The lowest BCUT2D eigenvalue weighted by Gasteiger charge is -2.15. The Hall–Kier alpha value is -2.08. The molecule has 0 aromatic heterocycles. The molecule has 0 unspecified atom stereocenters. The number of hydrogen-bond donors (Lipinski definition) is 2. The van der Waals surface area contributed by atoms with Crippen LogP contribution in [0.25, 0.3) is 0 Å². The number of nitrogens with zero attached hydrogens (tertiary/aromatic N) is 1. The highest BCUT2D eigenvalue weighted by Crippen LogP contribution is 2.14. The molecule has 2 N–H and O–H groups in total. The van der Waals surface area contributed by atoms with Crippen LogP contribution in [-0.4, -0.2) is 48.8 Å². The van der Waals surface area contributed by atoms with E-state index in [1.807, 2.05) is 4.90 Å². The van der Waals surface area contributed by atoms with Crippen LogP contribution in [0.1, 0.15) is 29.6 Å². The van der Waals surface area contributed by atoms with Crippen LogP contribution in [0.3, 0.4) is 0 Å². The Morgan fingerprint density at radius 1 is 1.09 bits per heavy atom. The maximum Gasteiger partial charge on any atom is 0.253 e. The number of halogens is 1. The molecule has 1 heterocycles. The molecule has 0 atom stereocenters. The van der Waals surface area contributed by atoms with Crippen molar-refractivity contribution < 1.29 is 14.4 Å². The van der Waals surface area contributed by atoms with Crippen LogP contribution >= 0.6 is 11.6 Å². The Kier molecular flexibility index (Phi) is 6.40. The first-order valence-electron chi connectivity index (χ1n) is 7.65. The summed E-state index contributed by atoms with van der Waals surface area (Å²) in [5.41, 5.74) is 0.325. The van der Waals surface area contributed by atoms with Gasteiger partial charge in [0, 0.05) is 26.1 Å². The maximum atomic E-state index is 11.9. The Bertz CT molecular complexity index is 586. The van der Waals surface area contributed by atoms with Crippen LogP contribution in [-0.2, 0) is 9.59 Å². The Morgan fingerprint density at radius 3 is 2.48 bits per heavy atom. The zero-order chi connectivity index (χ0) is 16.7. The first-order chi connectivity index (χ1) is 11.1. The lowest BCUT2D eigenvalue weighted by atomic mass is 10.2. The molecule has 1 aromatic carbocycles. The van der Waals surface area contributed by atoms with Crippen molar-refractivity contribution in [2.75, 3.05) is 26.2 Å². The minimum absolute atomic E-state index is 0.0582. The van der Waals surface area contributed by atoms with Crippen molar-refractivity contribution in [1.82, 2.24) is 15.5 Å². The second-order valence-electron chi connectivity index (χ2n) is 5.35. The average Bonchev–Trinajstić information content (AvgIpc) is 3.07. The number of likely N-dealkylation sites (tertiary alicyclic amines) is 1. The van der Waals surface area contributed by atoms with E-state index in [0.717, 1.165) is 25.9 Å². The minimum Gasteiger partial charge on any atom is -0.354 e. The summed E-state index contributed by atoms with van der Waals surface area (Å²) in [5, 5.41) is 5.46. The molecule has 7 heteroatoms. The van der Waals surface area contributed by atoms with Crippen molar-refractivity contribution in [1.29, 1.82) is 0 Å². The van der Waals surface area contributed by atoms with Crippen molar-refractivity contribution in [3.63, 3.8) is 0 Å². The lowest BCUT2D eigenvalue weighted by Crippen LogP contribution is -2.39. The van der Waals surface area contributed by atoms with Gasteiger partial charge in [-0.15, -0.1) is 0 Å². The molecule has 0 aliphatic carbocycles. The van der Waals surface area contributed by atoms with E-state index in [9.17, 15) is 14.4 Å².